The Balaban J connectivity index is 2.13. The van der Waals surface area contributed by atoms with E-state index in [2.05, 4.69) is 9.97 Å². The Morgan fingerprint density at radius 2 is 1.50 bits per heavy atom. The largest absolute Gasteiger partial charge is 0.480 e. The number of sulfone groups is 1. The number of hydrogen-bond acceptors (Lipinski definition) is 6. The Kier molecular flexibility index (Phi) is 6.82. The molecule has 0 radical (unpaired) electrons. The number of aliphatic carboxylic acids is 1. The van der Waals surface area contributed by atoms with Gasteiger partial charge in [0.2, 0.25) is 0 Å². The summed E-state index contributed by atoms with van der Waals surface area (Å²) >= 11 is 0. The zero-order valence-electron chi connectivity index (χ0n) is 14.9. The molecule has 1 N–H and O–H groups in total. The van der Waals surface area contributed by atoms with Gasteiger partial charge in [0, 0.05) is 31.0 Å². The summed E-state index contributed by atoms with van der Waals surface area (Å²) in [4.78, 5) is 21.5. The zero-order chi connectivity index (χ0) is 19.2. The van der Waals surface area contributed by atoms with Crippen molar-refractivity contribution in [2.45, 2.75) is 26.9 Å². The topological polar surface area (TPSA) is 100 Å². The minimum Gasteiger partial charge on any atom is -0.480 e. The molecule has 0 fully saturated rings. The number of carbonyl (C=O) groups is 1. The molecule has 2 rings (SSSR count). The normalized spacial score (nSPS) is 11.7. The van der Waals surface area contributed by atoms with Crippen molar-refractivity contribution in [1.82, 2.24) is 14.9 Å². The van der Waals surface area contributed by atoms with Gasteiger partial charge in [-0.1, -0.05) is 12.1 Å². The summed E-state index contributed by atoms with van der Waals surface area (Å²) in [6, 6.07) is 11.4. The minimum absolute atomic E-state index is 0.209. The summed E-state index contributed by atoms with van der Waals surface area (Å²) in [5.41, 5.74) is 3.42. The molecule has 0 aliphatic carbocycles. The summed E-state index contributed by atoms with van der Waals surface area (Å²) in [7, 11) is -3.66. The number of carboxylic acids is 1. The average Bonchev–Trinajstić information content (AvgIpc) is 2.51. The monoisotopic (exact) mass is 377 g/mol. The van der Waals surface area contributed by atoms with Crippen molar-refractivity contribution >= 4 is 15.8 Å². The maximum absolute atomic E-state index is 11.9. The molecule has 26 heavy (non-hydrogen) atoms. The molecule has 7 nitrogen and oxygen atoms in total. The standard InChI is InChI=1S/C18H23N3O4S/c1-14-5-3-7-16(19-14)11-21(9-10-26(24,25)13-18(22)23)12-17-8-4-6-15(2)20-17/h3-8H,9-13H2,1-2H3,(H,22,23). The van der Waals surface area contributed by atoms with Crippen LogP contribution in [0.4, 0.5) is 0 Å². The summed E-state index contributed by atoms with van der Waals surface area (Å²) in [6.07, 6.45) is 0. The van der Waals surface area contributed by atoms with E-state index >= 15 is 0 Å². The summed E-state index contributed by atoms with van der Waals surface area (Å²) in [5, 5.41) is 8.73. The molecule has 0 bridgehead atoms. The third-order valence-corrected chi connectivity index (χ3v) is 5.22. The van der Waals surface area contributed by atoms with E-state index in [0.717, 1.165) is 22.8 Å². The molecule has 0 aliphatic rings. The second-order valence-corrected chi connectivity index (χ2v) is 8.42. The summed E-state index contributed by atoms with van der Waals surface area (Å²) in [6.45, 7) is 4.92. The molecule has 0 aromatic carbocycles. The van der Waals surface area contributed by atoms with Gasteiger partial charge in [0.05, 0.1) is 17.1 Å². The van der Waals surface area contributed by atoms with E-state index in [1.165, 1.54) is 0 Å². The minimum atomic E-state index is -3.66. The number of rotatable bonds is 9. The summed E-state index contributed by atoms with van der Waals surface area (Å²) in [5.74, 6) is -2.42. The van der Waals surface area contributed by atoms with E-state index < -0.39 is 21.6 Å². The maximum atomic E-state index is 11.9. The van der Waals surface area contributed by atoms with E-state index in [0.29, 0.717) is 13.1 Å². The molecule has 0 spiro atoms. The first-order valence-corrected chi connectivity index (χ1v) is 10.1. The van der Waals surface area contributed by atoms with Crippen molar-refractivity contribution in [3.8, 4) is 0 Å². The molecule has 0 amide bonds. The molecule has 2 aromatic rings. The van der Waals surface area contributed by atoms with Gasteiger partial charge in [0.25, 0.3) is 0 Å². The molecule has 0 saturated heterocycles. The van der Waals surface area contributed by atoms with E-state index in [4.69, 9.17) is 5.11 Å². The van der Waals surface area contributed by atoms with E-state index in [1.807, 2.05) is 55.1 Å². The van der Waals surface area contributed by atoms with Crippen LogP contribution in [-0.2, 0) is 27.7 Å². The van der Waals surface area contributed by atoms with Crippen molar-refractivity contribution in [3.63, 3.8) is 0 Å². The van der Waals surface area contributed by atoms with E-state index in [-0.39, 0.29) is 12.3 Å². The van der Waals surface area contributed by atoms with Gasteiger partial charge in [-0.2, -0.15) is 0 Å². The van der Waals surface area contributed by atoms with Crippen LogP contribution in [0.2, 0.25) is 0 Å². The van der Waals surface area contributed by atoms with Crippen LogP contribution < -0.4 is 0 Å². The van der Waals surface area contributed by atoms with Gasteiger partial charge in [-0.25, -0.2) is 8.42 Å². The number of carboxylic acid groups (broad SMARTS) is 1. The van der Waals surface area contributed by atoms with Gasteiger partial charge in [-0.05, 0) is 38.1 Å². The molecule has 2 aromatic heterocycles. The van der Waals surface area contributed by atoms with Gasteiger partial charge >= 0.3 is 5.97 Å². The van der Waals surface area contributed by atoms with Crippen LogP contribution in [0, 0.1) is 13.8 Å². The number of pyridine rings is 2. The Morgan fingerprint density at radius 3 is 1.92 bits per heavy atom. The van der Waals surface area contributed by atoms with E-state index in [9.17, 15) is 13.2 Å². The third kappa shape index (κ3) is 6.89. The molecule has 8 heteroatoms. The molecule has 0 atom stereocenters. The van der Waals surface area contributed by atoms with Crippen molar-refractivity contribution < 1.29 is 18.3 Å². The zero-order valence-corrected chi connectivity index (χ0v) is 15.7. The van der Waals surface area contributed by atoms with Crippen molar-refractivity contribution in [1.29, 1.82) is 0 Å². The predicted molar refractivity (Wildman–Crippen MR) is 98.4 cm³/mol. The Labute approximate surface area is 153 Å². The van der Waals surface area contributed by atoms with Crippen LogP contribution in [0.1, 0.15) is 22.8 Å². The molecule has 0 aliphatic heterocycles. The van der Waals surface area contributed by atoms with Crippen LogP contribution in [0.15, 0.2) is 36.4 Å². The third-order valence-electron chi connectivity index (χ3n) is 3.73. The average molecular weight is 377 g/mol. The Bertz CT molecular complexity index is 821. The van der Waals surface area contributed by atoms with Crippen LogP contribution in [0.5, 0.6) is 0 Å². The molecule has 140 valence electrons. The molecular weight excluding hydrogens is 354 g/mol. The molecule has 2 heterocycles. The Hall–Kier alpha value is -2.32. The highest BCUT2D eigenvalue weighted by Gasteiger charge is 2.18. The fourth-order valence-corrected chi connectivity index (χ4v) is 3.63. The quantitative estimate of drug-likeness (QED) is 0.708. The molecular formula is C18H23N3O4S. The first-order valence-electron chi connectivity index (χ1n) is 8.23. The second kappa shape index (κ2) is 8.86. The van der Waals surface area contributed by atoms with Gasteiger partial charge in [0.1, 0.15) is 5.75 Å². The van der Waals surface area contributed by atoms with Gasteiger partial charge in [0.15, 0.2) is 9.84 Å². The lowest BCUT2D eigenvalue weighted by Gasteiger charge is -2.22. The van der Waals surface area contributed by atoms with Crippen LogP contribution in [-0.4, -0.2) is 52.4 Å². The number of nitrogens with zero attached hydrogens (tertiary/aromatic N) is 3. The second-order valence-electron chi connectivity index (χ2n) is 6.24. The van der Waals surface area contributed by atoms with Crippen molar-refractivity contribution in [2.75, 3.05) is 18.1 Å². The first kappa shape index (κ1) is 20.0. The highest BCUT2D eigenvalue weighted by molar-refractivity contribution is 7.92. The van der Waals surface area contributed by atoms with Crippen molar-refractivity contribution in [2.24, 2.45) is 0 Å². The highest BCUT2D eigenvalue weighted by atomic mass is 32.2. The van der Waals surface area contributed by atoms with Crippen LogP contribution >= 0.6 is 0 Å². The lowest BCUT2D eigenvalue weighted by molar-refractivity contribution is -0.134. The highest BCUT2D eigenvalue weighted by Crippen LogP contribution is 2.09. The van der Waals surface area contributed by atoms with Crippen LogP contribution in [0.25, 0.3) is 0 Å². The van der Waals surface area contributed by atoms with Gasteiger partial charge in [-0.15, -0.1) is 0 Å². The fourth-order valence-electron chi connectivity index (χ4n) is 2.58. The number of aryl methyl sites for hydroxylation is 2. The van der Waals surface area contributed by atoms with Gasteiger partial charge < -0.3 is 5.11 Å². The van der Waals surface area contributed by atoms with Crippen molar-refractivity contribution in [3.05, 3.63) is 59.2 Å². The SMILES string of the molecule is Cc1cccc(CN(CCS(=O)(=O)CC(=O)O)Cc2cccc(C)n2)n1. The van der Waals surface area contributed by atoms with Crippen LogP contribution in [0.3, 0.4) is 0 Å². The lowest BCUT2D eigenvalue weighted by atomic mass is 10.2. The van der Waals surface area contributed by atoms with Gasteiger partial charge in [-0.3, -0.25) is 19.7 Å². The lowest BCUT2D eigenvalue weighted by Crippen LogP contribution is -2.31. The fraction of sp³-hybridized carbons (Fsp3) is 0.389. The smallest absolute Gasteiger partial charge is 0.318 e. The number of aromatic nitrogens is 2. The predicted octanol–water partition coefficient (Wildman–Crippen LogP) is 1.60. The first-order chi connectivity index (χ1) is 12.2. The molecule has 0 unspecified atom stereocenters. The van der Waals surface area contributed by atoms with E-state index in [1.54, 1.807) is 0 Å². The number of hydrogen-bond donors (Lipinski definition) is 1. The maximum Gasteiger partial charge on any atom is 0.318 e. The Morgan fingerprint density at radius 1 is 1.00 bits per heavy atom. The summed E-state index contributed by atoms with van der Waals surface area (Å²) < 4.78 is 23.8. The molecule has 0 saturated carbocycles.